The standard InChI is InChI=1S/C32H22O6/c1-35-31(33)29-21-15-37-24-14-12-18-8-4-6-10-20(18)26(24)28(21)30(32(34)36-2)22-16-38-23-13-11-17-7-3-5-9-19(17)25(23)27(22)29/h3-14H,15-16H2,1-2H3. The van der Waals surface area contributed by atoms with Crippen molar-refractivity contribution in [1.82, 2.24) is 0 Å². The SMILES string of the molecule is COC(=O)c1c2c(c(C(=O)OC)c3c1-c1c(ccc4ccccc14)OC3)-c1c(ccc3ccccc13)OC2. The van der Waals surface area contributed by atoms with E-state index in [0.29, 0.717) is 44.9 Å². The van der Waals surface area contributed by atoms with Crippen molar-refractivity contribution in [2.24, 2.45) is 0 Å². The summed E-state index contributed by atoms with van der Waals surface area (Å²) in [6, 6.07) is 23.6. The number of methoxy groups -OCH3 is 2. The molecule has 5 aromatic carbocycles. The lowest BCUT2D eigenvalue weighted by molar-refractivity contribution is 0.0582. The number of rotatable bonds is 2. The quantitative estimate of drug-likeness (QED) is 0.251. The van der Waals surface area contributed by atoms with Crippen LogP contribution in [0.2, 0.25) is 0 Å². The number of fused-ring (bicyclic) bond motifs is 10. The topological polar surface area (TPSA) is 71.1 Å². The molecule has 6 nitrogen and oxygen atoms in total. The highest BCUT2D eigenvalue weighted by molar-refractivity contribution is 6.16. The van der Waals surface area contributed by atoms with Gasteiger partial charge in [0.25, 0.3) is 0 Å². The molecule has 5 aromatic rings. The fourth-order valence-corrected chi connectivity index (χ4v) is 5.91. The Hall–Kier alpha value is -4.84. The Bertz CT molecular complexity index is 1700. The smallest absolute Gasteiger partial charge is 0.338 e. The molecule has 0 bridgehead atoms. The number of ether oxygens (including phenoxy) is 4. The zero-order valence-corrected chi connectivity index (χ0v) is 20.8. The van der Waals surface area contributed by atoms with Gasteiger partial charge in [-0.15, -0.1) is 0 Å². The molecule has 2 aliphatic heterocycles. The van der Waals surface area contributed by atoms with Crippen molar-refractivity contribution >= 4 is 33.5 Å². The maximum absolute atomic E-state index is 13.6. The minimum absolute atomic E-state index is 0.101. The minimum atomic E-state index is -0.498. The fraction of sp³-hybridized carbons (Fsp3) is 0.125. The molecule has 0 radical (unpaired) electrons. The second kappa shape index (κ2) is 8.35. The van der Waals surface area contributed by atoms with Crippen LogP contribution in [0.25, 0.3) is 43.8 Å². The highest BCUT2D eigenvalue weighted by Crippen LogP contribution is 2.53. The Labute approximate surface area is 218 Å². The first-order chi connectivity index (χ1) is 18.6. The van der Waals surface area contributed by atoms with E-state index in [4.69, 9.17) is 18.9 Å². The second-order valence-electron chi connectivity index (χ2n) is 9.34. The summed E-state index contributed by atoms with van der Waals surface area (Å²) < 4.78 is 23.2. The third-order valence-electron chi connectivity index (χ3n) is 7.51. The number of benzene rings is 5. The zero-order chi connectivity index (χ0) is 26.0. The largest absolute Gasteiger partial charge is 0.488 e. The summed E-state index contributed by atoms with van der Waals surface area (Å²) in [5, 5.41) is 3.80. The average molecular weight is 503 g/mol. The summed E-state index contributed by atoms with van der Waals surface area (Å²) >= 11 is 0. The van der Waals surface area contributed by atoms with Gasteiger partial charge in [-0.25, -0.2) is 9.59 Å². The molecule has 0 fully saturated rings. The molecule has 0 atom stereocenters. The molecule has 2 heterocycles. The van der Waals surface area contributed by atoms with Gasteiger partial charge in [-0.05, 0) is 33.7 Å². The van der Waals surface area contributed by atoms with Gasteiger partial charge in [0, 0.05) is 33.4 Å². The number of hydrogen-bond donors (Lipinski definition) is 0. The second-order valence-corrected chi connectivity index (χ2v) is 9.34. The molecule has 0 amide bonds. The number of carbonyl (C=O) groups is 2. The lowest BCUT2D eigenvalue weighted by Gasteiger charge is -2.32. The Kier molecular flexibility index (Phi) is 4.91. The Morgan fingerprint density at radius 1 is 0.579 bits per heavy atom. The molecule has 38 heavy (non-hydrogen) atoms. The van der Waals surface area contributed by atoms with Crippen LogP contribution >= 0.6 is 0 Å². The van der Waals surface area contributed by atoms with Crippen LogP contribution in [0.4, 0.5) is 0 Å². The molecule has 6 heteroatoms. The van der Waals surface area contributed by atoms with E-state index in [1.165, 1.54) is 14.2 Å². The van der Waals surface area contributed by atoms with Crippen LogP contribution in [-0.2, 0) is 22.7 Å². The predicted molar refractivity (Wildman–Crippen MR) is 144 cm³/mol. The molecule has 186 valence electrons. The van der Waals surface area contributed by atoms with E-state index in [1.54, 1.807) is 0 Å². The van der Waals surface area contributed by atoms with Gasteiger partial charge in [0.15, 0.2) is 0 Å². The number of carbonyl (C=O) groups excluding carboxylic acids is 2. The van der Waals surface area contributed by atoms with Crippen LogP contribution in [0.1, 0.15) is 31.8 Å². The van der Waals surface area contributed by atoms with Gasteiger partial charge in [0.05, 0.1) is 25.3 Å². The number of esters is 2. The van der Waals surface area contributed by atoms with E-state index in [0.717, 1.165) is 32.7 Å². The van der Waals surface area contributed by atoms with E-state index in [-0.39, 0.29) is 13.2 Å². The lowest BCUT2D eigenvalue weighted by atomic mass is 9.78. The normalized spacial score (nSPS) is 12.9. The van der Waals surface area contributed by atoms with E-state index in [9.17, 15) is 9.59 Å². The third kappa shape index (κ3) is 3.00. The Balaban J connectivity index is 1.71. The molecule has 2 aliphatic rings. The molecular weight excluding hydrogens is 480 g/mol. The van der Waals surface area contributed by atoms with Gasteiger partial charge in [0.1, 0.15) is 24.7 Å². The first-order valence-corrected chi connectivity index (χ1v) is 12.3. The molecule has 0 spiro atoms. The molecule has 0 saturated carbocycles. The summed E-state index contributed by atoms with van der Waals surface area (Å²) in [4.78, 5) is 27.2. The van der Waals surface area contributed by atoms with Crippen LogP contribution in [0.5, 0.6) is 11.5 Å². The van der Waals surface area contributed by atoms with E-state index in [2.05, 4.69) is 0 Å². The molecule has 0 aliphatic carbocycles. The third-order valence-corrected chi connectivity index (χ3v) is 7.51. The van der Waals surface area contributed by atoms with Crippen LogP contribution in [0.15, 0.2) is 72.8 Å². The van der Waals surface area contributed by atoms with Crippen molar-refractivity contribution in [3.8, 4) is 33.8 Å². The van der Waals surface area contributed by atoms with Gasteiger partial charge < -0.3 is 18.9 Å². The van der Waals surface area contributed by atoms with E-state index < -0.39 is 11.9 Å². The maximum Gasteiger partial charge on any atom is 0.338 e. The van der Waals surface area contributed by atoms with Crippen molar-refractivity contribution in [3.63, 3.8) is 0 Å². The van der Waals surface area contributed by atoms with Gasteiger partial charge in [-0.1, -0.05) is 60.7 Å². The minimum Gasteiger partial charge on any atom is -0.488 e. The summed E-state index contributed by atoms with van der Waals surface area (Å²) in [7, 11) is 2.73. The van der Waals surface area contributed by atoms with Crippen molar-refractivity contribution in [2.45, 2.75) is 13.2 Å². The van der Waals surface area contributed by atoms with Crippen molar-refractivity contribution in [2.75, 3.05) is 14.2 Å². The van der Waals surface area contributed by atoms with Gasteiger partial charge in [-0.3, -0.25) is 0 Å². The highest BCUT2D eigenvalue weighted by atomic mass is 16.5. The van der Waals surface area contributed by atoms with Crippen LogP contribution in [0, 0.1) is 0 Å². The first-order valence-electron chi connectivity index (χ1n) is 12.3. The van der Waals surface area contributed by atoms with Crippen LogP contribution in [-0.4, -0.2) is 26.2 Å². The Morgan fingerprint density at radius 3 is 1.42 bits per heavy atom. The van der Waals surface area contributed by atoms with Crippen LogP contribution < -0.4 is 9.47 Å². The van der Waals surface area contributed by atoms with E-state index >= 15 is 0 Å². The molecule has 0 saturated heterocycles. The molecule has 0 unspecified atom stereocenters. The van der Waals surface area contributed by atoms with Crippen molar-refractivity contribution < 1.29 is 28.5 Å². The van der Waals surface area contributed by atoms with Crippen molar-refractivity contribution in [1.29, 1.82) is 0 Å². The van der Waals surface area contributed by atoms with E-state index in [1.807, 2.05) is 72.8 Å². The lowest BCUT2D eigenvalue weighted by Crippen LogP contribution is -2.23. The van der Waals surface area contributed by atoms with Crippen molar-refractivity contribution in [3.05, 3.63) is 95.1 Å². The predicted octanol–water partition coefficient (Wildman–Crippen LogP) is 6.69. The summed E-state index contributed by atoms with van der Waals surface area (Å²) in [5.74, 6) is 0.281. The van der Waals surface area contributed by atoms with Gasteiger partial charge in [0.2, 0.25) is 0 Å². The van der Waals surface area contributed by atoms with Gasteiger partial charge in [-0.2, -0.15) is 0 Å². The van der Waals surface area contributed by atoms with Gasteiger partial charge >= 0.3 is 11.9 Å². The molecule has 0 N–H and O–H groups in total. The summed E-state index contributed by atoms with van der Waals surface area (Å²) in [6.45, 7) is 0.201. The van der Waals surface area contributed by atoms with Crippen LogP contribution in [0.3, 0.4) is 0 Å². The first kappa shape index (κ1) is 22.4. The highest BCUT2D eigenvalue weighted by Gasteiger charge is 2.39. The maximum atomic E-state index is 13.6. The summed E-state index contributed by atoms with van der Waals surface area (Å²) in [5.41, 5.74) is 4.71. The zero-order valence-electron chi connectivity index (χ0n) is 20.8. The fourth-order valence-electron chi connectivity index (χ4n) is 5.91. The number of hydrogen-bond acceptors (Lipinski definition) is 6. The molecule has 7 rings (SSSR count). The Morgan fingerprint density at radius 2 is 1.00 bits per heavy atom. The summed E-state index contributed by atoms with van der Waals surface area (Å²) in [6.07, 6.45) is 0. The molecular formula is C32H22O6. The average Bonchev–Trinajstić information content (AvgIpc) is 2.98. The monoisotopic (exact) mass is 502 g/mol. The molecule has 0 aromatic heterocycles.